The standard InChI is InChI=1S/C46H53F2N3O10/c1-4-25(2)37(49)46(57)61-26(3)60-41(43(59-24-30-16-8-12-20-34(30)48)45(56)51-39-32-18-10-6-14-28(32)22-36(39)53)40(54)42(58-23-29-15-7-11-19-33(29)47)44(55)50-38-31-17-9-5-13-27(31)21-35(38)52/h5-20,25-26,35-43,52-54H,4,21-24,49H2,1-3H3,(H,50,55)(H,51,56)/t25-,26?,35+,36+,37-,38-,39-,40+,41+,42+,43+/m0/s1. The highest BCUT2D eigenvalue weighted by atomic mass is 19.1. The first-order chi connectivity index (χ1) is 29.3. The minimum absolute atomic E-state index is 0.0246. The monoisotopic (exact) mass is 845 g/mol. The van der Waals surface area contributed by atoms with E-state index in [1.165, 1.54) is 43.3 Å². The number of esters is 1. The molecule has 11 atom stereocenters. The molecule has 2 amide bonds. The van der Waals surface area contributed by atoms with Crippen LogP contribution in [0.25, 0.3) is 0 Å². The summed E-state index contributed by atoms with van der Waals surface area (Å²) < 4.78 is 53.9. The lowest BCUT2D eigenvalue weighted by Crippen LogP contribution is -2.58. The van der Waals surface area contributed by atoms with Crippen LogP contribution >= 0.6 is 0 Å². The molecule has 15 heteroatoms. The minimum Gasteiger partial charge on any atom is -0.435 e. The highest BCUT2D eigenvalue weighted by Crippen LogP contribution is 2.34. The lowest BCUT2D eigenvalue weighted by molar-refractivity contribution is -0.230. The molecule has 0 saturated carbocycles. The molecule has 0 spiro atoms. The normalized spacial score (nSPS) is 21.5. The van der Waals surface area contributed by atoms with Gasteiger partial charge in [-0.3, -0.25) is 14.4 Å². The number of nitrogens with one attached hydrogen (secondary N) is 2. The van der Waals surface area contributed by atoms with Crippen LogP contribution in [0.1, 0.15) is 72.7 Å². The second-order valence-electron chi connectivity index (χ2n) is 15.6. The number of amides is 2. The van der Waals surface area contributed by atoms with Crippen LogP contribution in [0.5, 0.6) is 0 Å². The molecule has 13 nitrogen and oxygen atoms in total. The second kappa shape index (κ2) is 20.6. The maximum atomic E-state index is 15.0. The van der Waals surface area contributed by atoms with Crippen LogP contribution in [0.2, 0.25) is 0 Å². The molecular weight excluding hydrogens is 793 g/mol. The maximum Gasteiger partial charge on any atom is 0.325 e. The smallest absolute Gasteiger partial charge is 0.325 e. The number of fused-ring (bicyclic) bond motifs is 2. The summed E-state index contributed by atoms with van der Waals surface area (Å²) in [5.74, 6) is -4.40. The van der Waals surface area contributed by atoms with Gasteiger partial charge in [-0.1, -0.05) is 105 Å². The number of hydrogen-bond donors (Lipinski definition) is 6. The summed E-state index contributed by atoms with van der Waals surface area (Å²) in [5, 5.41) is 40.2. The van der Waals surface area contributed by atoms with Gasteiger partial charge in [0.05, 0.1) is 37.5 Å². The van der Waals surface area contributed by atoms with E-state index in [0.717, 1.165) is 11.1 Å². The Balaban J connectivity index is 1.39. The average Bonchev–Trinajstić information content (AvgIpc) is 3.74. The summed E-state index contributed by atoms with van der Waals surface area (Å²) in [5.41, 5.74) is 9.01. The molecule has 4 aromatic rings. The molecule has 61 heavy (non-hydrogen) atoms. The molecular formula is C46H53F2N3O10. The molecule has 0 bridgehead atoms. The first kappa shape index (κ1) is 45.4. The number of hydrogen-bond acceptors (Lipinski definition) is 11. The van der Waals surface area contributed by atoms with Crippen LogP contribution in [-0.4, -0.2) is 82.1 Å². The Bertz CT molecular complexity index is 2140. The van der Waals surface area contributed by atoms with Gasteiger partial charge in [0.15, 0.2) is 12.2 Å². The number of aliphatic hydroxyl groups excluding tert-OH is 3. The van der Waals surface area contributed by atoms with Gasteiger partial charge < -0.3 is 50.6 Å². The highest BCUT2D eigenvalue weighted by molar-refractivity contribution is 5.84. The van der Waals surface area contributed by atoms with Gasteiger partial charge in [-0.25, -0.2) is 8.78 Å². The van der Waals surface area contributed by atoms with Crippen molar-refractivity contribution in [3.8, 4) is 0 Å². The van der Waals surface area contributed by atoms with Crippen molar-refractivity contribution in [3.05, 3.63) is 142 Å². The van der Waals surface area contributed by atoms with Gasteiger partial charge in [-0.15, -0.1) is 0 Å². The van der Waals surface area contributed by atoms with Crippen LogP contribution in [-0.2, 0) is 59.4 Å². The predicted octanol–water partition coefficient (Wildman–Crippen LogP) is 3.99. The molecule has 2 aliphatic carbocycles. The average molecular weight is 846 g/mol. The zero-order valence-corrected chi connectivity index (χ0v) is 34.2. The number of rotatable bonds is 19. The van der Waals surface area contributed by atoms with Crippen molar-refractivity contribution < 1.29 is 57.4 Å². The van der Waals surface area contributed by atoms with Crippen molar-refractivity contribution in [2.24, 2.45) is 11.7 Å². The number of aliphatic hydroxyl groups is 3. The van der Waals surface area contributed by atoms with Crippen molar-refractivity contribution >= 4 is 17.8 Å². The van der Waals surface area contributed by atoms with Crippen LogP contribution in [0.3, 0.4) is 0 Å². The summed E-state index contributed by atoms with van der Waals surface area (Å²) in [6.45, 7) is 3.81. The van der Waals surface area contributed by atoms with Gasteiger partial charge in [-0.05, 0) is 47.2 Å². The first-order valence-electron chi connectivity index (χ1n) is 20.4. The van der Waals surface area contributed by atoms with E-state index in [4.69, 9.17) is 24.7 Å². The van der Waals surface area contributed by atoms with Gasteiger partial charge in [0.1, 0.15) is 29.9 Å². The fraction of sp³-hybridized carbons (Fsp3) is 0.413. The molecule has 0 aromatic heterocycles. The number of carbonyl (C=O) groups excluding carboxylic acids is 3. The van der Waals surface area contributed by atoms with Gasteiger partial charge in [0, 0.05) is 24.0 Å². The Morgan fingerprint density at radius 3 is 1.66 bits per heavy atom. The molecule has 2 aliphatic rings. The first-order valence-corrected chi connectivity index (χ1v) is 20.4. The van der Waals surface area contributed by atoms with Crippen LogP contribution < -0.4 is 16.4 Å². The van der Waals surface area contributed by atoms with E-state index in [-0.39, 0.29) is 29.9 Å². The number of ether oxygens (including phenoxy) is 4. The van der Waals surface area contributed by atoms with Gasteiger partial charge in [0.25, 0.3) is 11.8 Å². The van der Waals surface area contributed by atoms with Gasteiger partial charge >= 0.3 is 5.97 Å². The van der Waals surface area contributed by atoms with E-state index in [9.17, 15) is 34.1 Å². The van der Waals surface area contributed by atoms with Crippen molar-refractivity contribution in [1.82, 2.24) is 10.6 Å². The molecule has 4 aromatic carbocycles. The summed E-state index contributed by atoms with van der Waals surface area (Å²) in [6.07, 6.45) is -10.7. The fourth-order valence-electron chi connectivity index (χ4n) is 7.69. The summed E-state index contributed by atoms with van der Waals surface area (Å²) in [7, 11) is 0. The molecule has 0 radical (unpaired) electrons. The zero-order valence-electron chi connectivity index (χ0n) is 34.2. The van der Waals surface area contributed by atoms with Crippen LogP contribution in [0.15, 0.2) is 97.1 Å². The molecule has 0 heterocycles. The lowest BCUT2D eigenvalue weighted by atomic mass is 9.98. The van der Waals surface area contributed by atoms with Crippen LogP contribution in [0, 0.1) is 17.6 Å². The Morgan fingerprint density at radius 2 is 1.16 bits per heavy atom. The number of benzene rings is 4. The van der Waals surface area contributed by atoms with Crippen LogP contribution in [0.4, 0.5) is 8.78 Å². The number of nitrogens with two attached hydrogens (primary N) is 1. The largest absolute Gasteiger partial charge is 0.435 e. The quantitative estimate of drug-likeness (QED) is 0.0590. The van der Waals surface area contributed by atoms with E-state index in [1.54, 1.807) is 61.5 Å². The third kappa shape index (κ3) is 10.9. The summed E-state index contributed by atoms with van der Waals surface area (Å²) in [4.78, 5) is 42.3. The third-order valence-electron chi connectivity index (χ3n) is 11.4. The summed E-state index contributed by atoms with van der Waals surface area (Å²) >= 11 is 0. The minimum atomic E-state index is -2.18. The van der Waals surface area contributed by atoms with Gasteiger partial charge in [0.2, 0.25) is 6.29 Å². The highest BCUT2D eigenvalue weighted by Gasteiger charge is 2.46. The Morgan fingerprint density at radius 1 is 0.721 bits per heavy atom. The molecule has 326 valence electrons. The molecule has 6 rings (SSSR count). The van der Waals surface area contributed by atoms with Crippen molar-refractivity contribution in [2.45, 2.75) is 114 Å². The lowest BCUT2D eigenvalue weighted by Gasteiger charge is -2.36. The zero-order chi connectivity index (χ0) is 43.8. The third-order valence-corrected chi connectivity index (χ3v) is 11.4. The fourth-order valence-corrected chi connectivity index (χ4v) is 7.69. The Kier molecular flexibility index (Phi) is 15.3. The second-order valence-corrected chi connectivity index (χ2v) is 15.6. The maximum absolute atomic E-state index is 15.0. The number of halogens is 2. The SMILES string of the molecule is CC[C@H](C)[C@H](N)C(=O)OC(C)O[C@H]([C@@H](O)[C@@H](OCc1ccccc1F)C(=O)N[C@H]1c2ccccc2C[C@H]1O)[C@@H](OCc1ccccc1F)C(=O)N[C@H]1c2ccccc2C[C@H]1O. The molecule has 0 aliphatic heterocycles. The topological polar surface area (TPSA) is 199 Å². The summed E-state index contributed by atoms with van der Waals surface area (Å²) in [6, 6.07) is 22.5. The molecule has 1 unspecified atom stereocenters. The molecule has 0 saturated heterocycles. The van der Waals surface area contributed by atoms with E-state index in [1.807, 2.05) is 13.0 Å². The molecule has 0 fully saturated rings. The molecule has 7 N–H and O–H groups in total. The van der Waals surface area contributed by atoms with E-state index in [2.05, 4.69) is 10.6 Å². The Labute approximate surface area is 353 Å². The van der Waals surface area contributed by atoms with Gasteiger partial charge in [-0.2, -0.15) is 0 Å². The van der Waals surface area contributed by atoms with E-state index >= 15 is 4.39 Å². The Hall–Kier alpha value is -5.13. The van der Waals surface area contributed by atoms with Crippen molar-refractivity contribution in [3.63, 3.8) is 0 Å². The van der Waals surface area contributed by atoms with E-state index < -0.39 is 104 Å². The van der Waals surface area contributed by atoms with Crippen molar-refractivity contribution in [1.29, 1.82) is 0 Å². The predicted molar refractivity (Wildman–Crippen MR) is 218 cm³/mol. The van der Waals surface area contributed by atoms with Crippen molar-refractivity contribution in [2.75, 3.05) is 0 Å². The number of carbonyl (C=O) groups is 3. The van der Waals surface area contributed by atoms with E-state index in [0.29, 0.717) is 17.5 Å².